The van der Waals surface area contributed by atoms with Crippen molar-refractivity contribution in [3.05, 3.63) is 66.2 Å². The fourth-order valence-electron chi connectivity index (χ4n) is 3.68. The van der Waals surface area contributed by atoms with Crippen LogP contribution in [0.4, 0.5) is 11.4 Å². The number of nitrogens with zero attached hydrogens (tertiary/aromatic N) is 1. The van der Waals surface area contributed by atoms with Gasteiger partial charge in [0.15, 0.2) is 0 Å². The lowest BCUT2D eigenvalue weighted by molar-refractivity contribution is -0.115. The summed E-state index contributed by atoms with van der Waals surface area (Å²) < 4.78 is 31.1. The zero-order valence-electron chi connectivity index (χ0n) is 16.1. The molecule has 29 heavy (non-hydrogen) atoms. The van der Waals surface area contributed by atoms with Crippen LogP contribution in [0.15, 0.2) is 60.7 Å². The molecule has 0 radical (unpaired) electrons. The summed E-state index contributed by atoms with van der Waals surface area (Å²) in [6, 6.07) is 18.9. The molecule has 1 N–H and O–H groups in total. The molecule has 3 aromatic rings. The van der Waals surface area contributed by atoms with Gasteiger partial charge in [0.2, 0.25) is 15.9 Å². The Hall–Kier alpha value is -3.06. The molecule has 150 valence electrons. The fourth-order valence-corrected chi connectivity index (χ4v) is 5.24. The lowest BCUT2D eigenvalue weighted by Crippen LogP contribution is -2.25. The second-order valence-electron chi connectivity index (χ2n) is 6.99. The third-order valence-electron chi connectivity index (χ3n) is 5.08. The van der Waals surface area contributed by atoms with Crippen LogP contribution in [-0.4, -0.2) is 33.7 Å². The standard InChI is InChI=1S/C22H22N2O4S/c1-28-21-15-18(24-12-5-13-29(24,26)27)10-11-20(21)23-22(25)14-17-8-4-7-16-6-2-3-9-19(16)17/h2-4,6-11,15H,5,12-14H2,1H3,(H,23,25). The molecule has 0 bridgehead atoms. The van der Waals surface area contributed by atoms with Gasteiger partial charge in [0.25, 0.3) is 0 Å². The van der Waals surface area contributed by atoms with Crippen LogP contribution in [0.2, 0.25) is 0 Å². The second-order valence-corrected chi connectivity index (χ2v) is 9.00. The minimum atomic E-state index is -3.27. The van der Waals surface area contributed by atoms with Crippen molar-refractivity contribution in [1.82, 2.24) is 0 Å². The van der Waals surface area contributed by atoms with Crippen LogP contribution in [0.5, 0.6) is 5.75 Å². The smallest absolute Gasteiger partial charge is 0.235 e. The van der Waals surface area contributed by atoms with Crippen molar-refractivity contribution in [2.24, 2.45) is 0 Å². The highest BCUT2D eigenvalue weighted by Crippen LogP contribution is 2.33. The maximum Gasteiger partial charge on any atom is 0.235 e. The predicted octanol–water partition coefficient (Wildman–Crippen LogP) is 3.57. The molecule has 0 atom stereocenters. The van der Waals surface area contributed by atoms with Gasteiger partial charge >= 0.3 is 0 Å². The summed E-state index contributed by atoms with van der Waals surface area (Å²) in [5.41, 5.74) is 2.00. The lowest BCUT2D eigenvalue weighted by atomic mass is 10.0. The fraction of sp³-hybridized carbons (Fsp3) is 0.227. The van der Waals surface area contributed by atoms with Gasteiger partial charge in [-0.3, -0.25) is 9.10 Å². The highest BCUT2D eigenvalue weighted by Gasteiger charge is 2.29. The average molecular weight is 410 g/mol. The summed E-state index contributed by atoms with van der Waals surface area (Å²) in [4.78, 5) is 12.7. The first-order valence-corrected chi connectivity index (χ1v) is 11.0. The van der Waals surface area contributed by atoms with E-state index in [4.69, 9.17) is 4.74 Å². The predicted molar refractivity (Wildman–Crippen MR) is 115 cm³/mol. The third kappa shape index (κ3) is 3.91. The lowest BCUT2D eigenvalue weighted by Gasteiger charge is -2.19. The second kappa shape index (κ2) is 7.75. The normalized spacial score (nSPS) is 15.4. The molecule has 1 amide bonds. The minimum Gasteiger partial charge on any atom is -0.494 e. The van der Waals surface area contributed by atoms with Crippen LogP contribution in [0.3, 0.4) is 0 Å². The van der Waals surface area contributed by atoms with Gasteiger partial charge in [-0.25, -0.2) is 8.42 Å². The number of rotatable bonds is 5. The van der Waals surface area contributed by atoms with Crippen molar-refractivity contribution < 1.29 is 17.9 Å². The van der Waals surface area contributed by atoms with Gasteiger partial charge in [-0.15, -0.1) is 0 Å². The van der Waals surface area contributed by atoms with Gasteiger partial charge in [0.05, 0.1) is 30.7 Å². The number of hydrogen-bond donors (Lipinski definition) is 1. The number of ether oxygens (including phenoxy) is 1. The van der Waals surface area contributed by atoms with Gasteiger partial charge in [-0.05, 0) is 34.9 Å². The first-order chi connectivity index (χ1) is 14.0. The highest BCUT2D eigenvalue weighted by molar-refractivity contribution is 7.93. The van der Waals surface area contributed by atoms with Crippen molar-refractivity contribution in [2.75, 3.05) is 29.0 Å². The van der Waals surface area contributed by atoms with Crippen LogP contribution >= 0.6 is 0 Å². The quantitative estimate of drug-likeness (QED) is 0.698. The minimum absolute atomic E-state index is 0.152. The molecule has 1 aliphatic heterocycles. The Morgan fingerprint density at radius 2 is 1.90 bits per heavy atom. The molecule has 1 aliphatic rings. The van der Waals surface area contributed by atoms with Crippen molar-refractivity contribution in [1.29, 1.82) is 0 Å². The average Bonchev–Trinajstić information content (AvgIpc) is 3.07. The zero-order chi connectivity index (χ0) is 20.4. The van der Waals surface area contributed by atoms with E-state index in [9.17, 15) is 13.2 Å². The summed E-state index contributed by atoms with van der Waals surface area (Å²) in [6.07, 6.45) is 0.834. The number of methoxy groups -OCH3 is 1. The van der Waals surface area contributed by atoms with Crippen molar-refractivity contribution in [3.63, 3.8) is 0 Å². The van der Waals surface area contributed by atoms with Crippen LogP contribution in [0, 0.1) is 0 Å². The van der Waals surface area contributed by atoms with Gasteiger partial charge in [-0.1, -0.05) is 42.5 Å². The van der Waals surface area contributed by atoms with E-state index in [-0.39, 0.29) is 18.1 Å². The van der Waals surface area contributed by atoms with Gasteiger partial charge in [0.1, 0.15) is 5.75 Å². The first-order valence-electron chi connectivity index (χ1n) is 9.43. The SMILES string of the molecule is COc1cc(N2CCCS2(=O)=O)ccc1NC(=O)Cc1cccc2ccccc12. The van der Waals surface area contributed by atoms with Crippen LogP contribution in [0.25, 0.3) is 10.8 Å². The van der Waals surface area contributed by atoms with Crippen molar-refractivity contribution in [2.45, 2.75) is 12.8 Å². The molecule has 0 saturated carbocycles. The van der Waals surface area contributed by atoms with E-state index < -0.39 is 10.0 Å². The maximum atomic E-state index is 12.7. The summed E-state index contributed by atoms with van der Waals surface area (Å²) >= 11 is 0. The Balaban J connectivity index is 1.55. The molecule has 7 heteroatoms. The van der Waals surface area contributed by atoms with Crippen molar-refractivity contribution in [3.8, 4) is 5.75 Å². The van der Waals surface area contributed by atoms with Gasteiger partial charge in [-0.2, -0.15) is 0 Å². The van der Waals surface area contributed by atoms with E-state index in [0.29, 0.717) is 30.1 Å². The Morgan fingerprint density at radius 1 is 1.10 bits per heavy atom. The van der Waals surface area contributed by atoms with Crippen LogP contribution < -0.4 is 14.4 Å². The van der Waals surface area contributed by atoms with E-state index in [1.807, 2.05) is 42.5 Å². The number of anilines is 2. The molecule has 3 aromatic carbocycles. The molecule has 1 fully saturated rings. The van der Waals surface area contributed by atoms with E-state index >= 15 is 0 Å². The van der Waals surface area contributed by atoms with Crippen molar-refractivity contribution >= 4 is 38.1 Å². The molecular formula is C22H22N2O4S. The Bertz CT molecular complexity index is 1170. The van der Waals surface area contributed by atoms with Gasteiger partial charge < -0.3 is 10.1 Å². The van der Waals surface area contributed by atoms with E-state index in [1.165, 1.54) is 11.4 Å². The molecule has 1 heterocycles. The molecule has 0 aromatic heterocycles. The Kier molecular flexibility index (Phi) is 5.15. The number of sulfonamides is 1. The van der Waals surface area contributed by atoms with E-state index in [0.717, 1.165) is 16.3 Å². The molecule has 4 rings (SSSR count). The van der Waals surface area contributed by atoms with Gasteiger partial charge in [0, 0.05) is 12.6 Å². The monoisotopic (exact) mass is 410 g/mol. The topological polar surface area (TPSA) is 75.7 Å². The number of carbonyl (C=O) groups excluding carboxylic acids is 1. The molecular weight excluding hydrogens is 388 g/mol. The highest BCUT2D eigenvalue weighted by atomic mass is 32.2. The number of nitrogens with one attached hydrogen (secondary N) is 1. The molecule has 0 unspecified atom stereocenters. The first kappa shape index (κ1) is 19.3. The third-order valence-corrected chi connectivity index (χ3v) is 6.95. The zero-order valence-corrected chi connectivity index (χ0v) is 16.9. The molecule has 6 nitrogen and oxygen atoms in total. The summed E-state index contributed by atoms with van der Waals surface area (Å²) in [5, 5.41) is 5.02. The molecule has 0 aliphatic carbocycles. The van der Waals surface area contributed by atoms with E-state index in [1.54, 1.807) is 18.2 Å². The summed E-state index contributed by atoms with van der Waals surface area (Å²) in [5.74, 6) is 0.413. The van der Waals surface area contributed by atoms with Crippen LogP contribution in [0.1, 0.15) is 12.0 Å². The summed E-state index contributed by atoms with van der Waals surface area (Å²) in [6.45, 7) is 0.457. The maximum absolute atomic E-state index is 12.7. The number of carbonyl (C=O) groups is 1. The molecule has 1 saturated heterocycles. The number of hydrogen-bond acceptors (Lipinski definition) is 4. The number of amides is 1. The summed E-state index contributed by atoms with van der Waals surface area (Å²) in [7, 11) is -1.77. The largest absolute Gasteiger partial charge is 0.494 e. The van der Waals surface area contributed by atoms with Crippen LogP contribution in [-0.2, 0) is 21.2 Å². The Morgan fingerprint density at radius 3 is 2.66 bits per heavy atom. The molecule has 0 spiro atoms. The number of fused-ring (bicyclic) bond motifs is 1. The Labute approximate surface area is 170 Å². The van der Waals surface area contributed by atoms with E-state index in [2.05, 4.69) is 5.32 Å². The number of benzene rings is 3.